The van der Waals surface area contributed by atoms with E-state index in [1.54, 1.807) is 6.07 Å². The first-order chi connectivity index (χ1) is 12.5. The van der Waals surface area contributed by atoms with Crippen molar-refractivity contribution in [2.45, 2.75) is 6.92 Å². The Balaban J connectivity index is 1.49. The fourth-order valence-electron chi connectivity index (χ4n) is 3.05. The van der Waals surface area contributed by atoms with Crippen molar-refractivity contribution in [3.63, 3.8) is 0 Å². The van der Waals surface area contributed by atoms with Crippen LogP contribution in [-0.2, 0) is 4.79 Å². The van der Waals surface area contributed by atoms with Gasteiger partial charge in [-0.25, -0.2) is 0 Å². The van der Waals surface area contributed by atoms with Gasteiger partial charge in [-0.2, -0.15) is 0 Å². The Morgan fingerprint density at radius 3 is 2.46 bits per heavy atom. The molecule has 2 aromatic carbocycles. The molecule has 0 bridgehead atoms. The number of nitrogens with zero attached hydrogens (tertiary/aromatic N) is 2. The van der Waals surface area contributed by atoms with Gasteiger partial charge in [-0.1, -0.05) is 24.3 Å². The highest BCUT2D eigenvalue weighted by atomic mass is 127. The van der Waals surface area contributed by atoms with E-state index in [1.165, 1.54) is 11.3 Å². The first kappa shape index (κ1) is 18.7. The molecule has 0 aromatic heterocycles. The van der Waals surface area contributed by atoms with Gasteiger partial charge in [0.15, 0.2) is 0 Å². The molecule has 26 heavy (non-hydrogen) atoms. The maximum Gasteiger partial charge on any atom is 0.252 e. The number of anilines is 1. The number of carbonyl (C=O) groups is 2. The Hall–Kier alpha value is -2.09. The number of hydrogen-bond donors (Lipinski definition) is 1. The minimum Gasteiger partial charge on any atom is -0.368 e. The summed E-state index contributed by atoms with van der Waals surface area (Å²) in [5, 5.41) is 2.74. The van der Waals surface area contributed by atoms with Gasteiger partial charge in [0.2, 0.25) is 5.91 Å². The lowest BCUT2D eigenvalue weighted by Gasteiger charge is -2.36. The third kappa shape index (κ3) is 4.55. The molecular formula is C20H22IN3O2. The minimum atomic E-state index is -0.207. The van der Waals surface area contributed by atoms with E-state index in [-0.39, 0.29) is 18.4 Å². The van der Waals surface area contributed by atoms with Crippen LogP contribution in [0.5, 0.6) is 0 Å². The van der Waals surface area contributed by atoms with Crippen LogP contribution in [0, 0.1) is 10.5 Å². The lowest BCUT2D eigenvalue weighted by atomic mass is 10.2. The van der Waals surface area contributed by atoms with Gasteiger partial charge in [0.25, 0.3) is 5.91 Å². The van der Waals surface area contributed by atoms with Crippen LogP contribution in [0.25, 0.3) is 0 Å². The van der Waals surface area contributed by atoms with Crippen LogP contribution < -0.4 is 10.2 Å². The van der Waals surface area contributed by atoms with Crippen LogP contribution in [0.4, 0.5) is 5.69 Å². The van der Waals surface area contributed by atoms with Crippen LogP contribution in [-0.4, -0.2) is 49.4 Å². The molecule has 0 atom stereocenters. The Bertz CT molecular complexity index is 801. The fraction of sp³-hybridized carbons (Fsp3) is 0.300. The third-order valence-electron chi connectivity index (χ3n) is 4.52. The quantitative estimate of drug-likeness (QED) is 0.710. The number of aryl methyl sites for hydroxylation is 1. The van der Waals surface area contributed by atoms with Gasteiger partial charge in [-0.05, 0) is 59.3 Å². The smallest absolute Gasteiger partial charge is 0.252 e. The van der Waals surface area contributed by atoms with Crippen LogP contribution >= 0.6 is 22.6 Å². The molecule has 136 valence electrons. The second-order valence-corrected chi connectivity index (χ2v) is 7.53. The number of nitrogens with one attached hydrogen (secondary N) is 1. The van der Waals surface area contributed by atoms with Crippen molar-refractivity contribution < 1.29 is 9.59 Å². The number of piperazine rings is 1. The Morgan fingerprint density at radius 2 is 1.77 bits per heavy atom. The zero-order valence-electron chi connectivity index (χ0n) is 14.7. The highest BCUT2D eigenvalue weighted by molar-refractivity contribution is 14.1. The normalized spacial score (nSPS) is 14.2. The summed E-state index contributed by atoms with van der Waals surface area (Å²) in [5.41, 5.74) is 3.04. The van der Waals surface area contributed by atoms with Gasteiger partial charge < -0.3 is 15.1 Å². The van der Waals surface area contributed by atoms with Crippen LogP contribution in [0.3, 0.4) is 0 Å². The summed E-state index contributed by atoms with van der Waals surface area (Å²) in [6.45, 7) is 5.07. The Labute approximate surface area is 167 Å². The summed E-state index contributed by atoms with van der Waals surface area (Å²) >= 11 is 2.12. The first-order valence-electron chi connectivity index (χ1n) is 8.67. The van der Waals surface area contributed by atoms with E-state index in [9.17, 15) is 9.59 Å². The maximum atomic E-state index is 12.4. The van der Waals surface area contributed by atoms with E-state index < -0.39 is 0 Å². The summed E-state index contributed by atoms with van der Waals surface area (Å²) in [4.78, 5) is 28.7. The molecule has 3 rings (SSSR count). The van der Waals surface area contributed by atoms with Gasteiger partial charge in [0.05, 0.1) is 12.1 Å². The van der Waals surface area contributed by atoms with E-state index in [2.05, 4.69) is 64.0 Å². The molecule has 1 aliphatic rings. The lowest BCUT2D eigenvalue weighted by Crippen LogP contribution is -2.51. The van der Waals surface area contributed by atoms with Crippen molar-refractivity contribution in [3.05, 3.63) is 63.2 Å². The minimum absolute atomic E-state index is 0.0341. The van der Waals surface area contributed by atoms with E-state index in [4.69, 9.17) is 0 Å². The van der Waals surface area contributed by atoms with Crippen molar-refractivity contribution in [1.82, 2.24) is 10.2 Å². The molecule has 1 saturated heterocycles. The zero-order chi connectivity index (χ0) is 18.5. The molecule has 0 aliphatic carbocycles. The topological polar surface area (TPSA) is 52.6 Å². The molecule has 1 aliphatic heterocycles. The molecule has 0 unspecified atom stereocenters. The molecule has 0 spiro atoms. The molecule has 1 fully saturated rings. The Morgan fingerprint density at radius 1 is 1.04 bits per heavy atom. The third-order valence-corrected chi connectivity index (χ3v) is 5.46. The van der Waals surface area contributed by atoms with E-state index >= 15 is 0 Å². The lowest BCUT2D eigenvalue weighted by molar-refractivity contribution is -0.130. The predicted octanol–water partition coefficient (Wildman–Crippen LogP) is 2.68. The summed E-state index contributed by atoms with van der Waals surface area (Å²) in [6, 6.07) is 15.8. The molecule has 0 saturated carbocycles. The van der Waals surface area contributed by atoms with Crippen molar-refractivity contribution >= 4 is 40.1 Å². The highest BCUT2D eigenvalue weighted by Crippen LogP contribution is 2.17. The summed E-state index contributed by atoms with van der Waals surface area (Å²) in [7, 11) is 0. The monoisotopic (exact) mass is 463 g/mol. The number of amides is 2. The van der Waals surface area contributed by atoms with Gasteiger partial charge in [-0.3, -0.25) is 9.59 Å². The van der Waals surface area contributed by atoms with Crippen molar-refractivity contribution in [2.75, 3.05) is 37.6 Å². The largest absolute Gasteiger partial charge is 0.368 e. The highest BCUT2D eigenvalue weighted by Gasteiger charge is 2.22. The summed E-state index contributed by atoms with van der Waals surface area (Å²) in [5.74, 6) is -0.241. The standard InChI is InChI=1S/C20H22IN3O2/c1-15-5-4-6-16(13-15)23-9-11-24(12-10-23)19(25)14-22-20(26)17-7-2-3-8-18(17)21/h2-8,13H,9-12,14H2,1H3,(H,22,26). The zero-order valence-corrected chi connectivity index (χ0v) is 16.9. The van der Waals surface area contributed by atoms with Crippen molar-refractivity contribution in [3.8, 4) is 0 Å². The van der Waals surface area contributed by atoms with Gasteiger partial charge in [-0.15, -0.1) is 0 Å². The number of benzene rings is 2. The number of carbonyl (C=O) groups excluding carboxylic acids is 2. The van der Waals surface area contributed by atoms with Gasteiger partial charge in [0.1, 0.15) is 0 Å². The van der Waals surface area contributed by atoms with Crippen LogP contribution in [0.1, 0.15) is 15.9 Å². The summed E-state index contributed by atoms with van der Waals surface area (Å²) < 4.78 is 0.877. The molecule has 2 aromatic rings. The molecule has 0 radical (unpaired) electrons. The van der Waals surface area contributed by atoms with Crippen molar-refractivity contribution in [1.29, 1.82) is 0 Å². The summed E-state index contributed by atoms with van der Waals surface area (Å²) in [6.07, 6.45) is 0. The Kier molecular flexibility index (Phi) is 6.13. The molecule has 1 heterocycles. The maximum absolute atomic E-state index is 12.4. The average Bonchev–Trinajstić information content (AvgIpc) is 2.66. The molecule has 6 heteroatoms. The molecule has 2 amide bonds. The molecule has 5 nitrogen and oxygen atoms in total. The van der Waals surface area contributed by atoms with Gasteiger partial charge in [0, 0.05) is 35.4 Å². The molecular weight excluding hydrogens is 441 g/mol. The fourth-order valence-corrected chi connectivity index (χ4v) is 3.68. The second kappa shape index (κ2) is 8.53. The number of halogens is 1. The van der Waals surface area contributed by atoms with Crippen LogP contribution in [0.15, 0.2) is 48.5 Å². The van der Waals surface area contributed by atoms with Crippen molar-refractivity contribution in [2.24, 2.45) is 0 Å². The molecule has 1 N–H and O–H groups in total. The number of rotatable bonds is 4. The predicted molar refractivity (Wildman–Crippen MR) is 111 cm³/mol. The number of hydrogen-bond acceptors (Lipinski definition) is 3. The van der Waals surface area contributed by atoms with E-state index in [1.807, 2.05) is 23.1 Å². The van der Waals surface area contributed by atoms with E-state index in [0.29, 0.717) is 18.7 Å². The van der Waals surface area contributed by atoms with E-state index in [0.717, 1.165) is 16.7 Å². The van der Waals surface area contributed by atoms with Gasteiger partial charge >= 0.3 is 0 Å². The average molecular weight is 463 g/mol. The SMILES string of the molecule is Cc1cccc(N2CCN(C(=O)CNC(=O)c3ccccc3I)CC2)c1. The first-order valence-corrected chi connectivity index (χ1v) is 9.74. The second-order valence-electron chi connectivity index (χ2n) is 6.37. The van der Waals surface area contributed by atoms with Crippen LogP contribution in [0.2, 0.25) is 0 Å².